The maximum Gasteiger partial charge on any atom is 0.282 e. The summed E-state index contributed by atoms with van der Waals surface area (Å²) in [6.45, 7) is 2.00. The van der Waals surface area contributed by atoms with Crippen molar-refractivity contribution in [3.63, 3.8) is 0 Å². The smallest absolute Gasteiger partial charge is 0.282 e. The molecule has 3 heterocycles. The van der Waals surface area contributed by atoms with E-state index in [1.54, 1.807) is 65.6 Å². The molecule has 196 valence electrons. The molecular formula is C29H23ClN4O5. The lowest BCUT2D eigenvalue weighted by Gasteiger charge is -2.26. The van der Waals surface area contributed by atoms with Crippen LogP contribution >= 0.6 is 11.6 Å². The van der Waals surface area contributed by atoms with Crippen molar-refractivity contribution in [1.29, 1.82) is 0 Å². The van der Waals surface area contributed by atoms with Gasteiger partial charge in [-0.2, -0.15) is 9.78 Å². The molecule has 0 saturated carbocycles. The summed E-state index contributed by atoms with van der Waals surface area (Å²) in [5.41, 5.74) is 1.37. The maximum atomic E-state index is 13.5. The molecule has 0 atom stereocenters. The van der Waals surface area contributed by atoms with Crippen molar-refractivity contribution >= 4 is 45.6 Å². The summed E-state index contributed by atoms with van der Waals surface area (Å²) in [6, 6.07) is 21.3. The second kappa shape index (κ2) is 10.7. The molecule has 0 bridgehead atoms. The molecule has 1 fully saturated rings. The van der Waals surface area contributed by atoms with E-state index in [9.17, 15) is 9.59 Å². The molecule has 6 rings (SSSR count). The minimum Gasteiger partial charge on any atom is -0.483 e. The Bertz CT molecular complexity index is 1770. The van der Waals surface area contributed by atoms with Crippen LogP contribution in [0, 0.1) is 0 Å². The normalized spacial score (nSPS) is 13.9. The molecule has 3 aromatic carbocycles. The highest BCUT2D eigenvalue weighted by molar-refractivity contribution is 6.31. The number of ether oxygens (including phenoxy) is 2. The number of hydrogen-bond acceptors (Lipinski definition) is 7. The zero-order valence-corrected chi connectivity index (χ0v) is 21.5. The minimum absolute atomic E-state index is 0.116. The second-order valence-corrected chi connectivity index (χ2v) is 9.36. The fourth-order valence-corrected chi connectivity index (χ4v) is 4.58. The number of furan rings is 1. The van der Waals surface area contributed by atoms with Gasteiger partial charge in [-0.05, 0) is 48.5 Å². The third-order valence-corrected chi connectivity index (χ3v) is 6.63. The summed E-state index contributed by atoms with van der Waals surface area (Å²) in [7, 11) is 0. The lowest BCUT2D eigenvalue weighted by atomic mass is 10.2. The molecule has 1 amide bonds. The van der Waals surface area contributed by atoms with E-state index < -0.39 is 0 Å². The molecule has 0 N–H and O–H groups in total. The molecule has 39 heavy (non-hydrogen) atoms. The van der Waals surface area contributed by atoms with Gasteiger partial charge in [-0.15, -0.1) is 0 Å². The Morgan fingerprint density at radius 1 is 1.05 bits per heavy atom. The highest BCUT2D eigenvalue weighted by atomic mass is 35.5. The van der Waals surface area contributed by atoms with Crippen molar-refractivity contribution in [2.75, 3.05) is 32.9 Å². The molecule has 5 aromatic rings. The molecule has 10 heteroatoms. The topological polar surface area (TPSA) is 99.2 Å². The number of nitrogens with zero attached hydrogens (tertiary/aromatic N) is 4. The Balaban J connectivity index is 1.37. The molecule has 1 aliphatic heterocycles. The first-order chi connectivity index (χ1) is 19.1. The average molecular weight is 543 g/mol. The third kappa shape index (κ3) is 5.14. The molecule has 1 aliphatic rings. The van der Waals surface area contributed by atoms with Crippen LogP contribution in [-0.2, 0) is 9.53 Å². The van der Waals surface area contributed by atoms with Gasteiger partial charge in [0.05, 0.1) is 30.3 Å². The summed E-state index contributed by atoms with van der Waals surface area (Å²) in [4.78, 5) is 32.5. The number of carbonyl (C=O) groups is 1. The quantitative estimate of drug-likeness (QED) is 0.291. The van der Waals surface area contributed by atoms with Crippen LogP contribution in [0.1, 0.15) is 5.56 Å². The van der Waals surface area contributed by atoms with E-state index >= 15 is 0 Å². The van der Waals surface area contributed by atoms with Crippen LogP contribution in [-0.4, -0.2) is 59.6 Å². The third-order valence-electron chi connectivity index (χ3n) is 6.40. The Morgan fingerprint density at radius 3 is 2.72 bits per heavy atom. The summed E-state index contributed by atoms with van der Waals surface area (Å²) >= 11 is 6.15. The molecule has 0 unspecified atom stereocenters. The number of rotatable bonds is 6. The lowest BCUT2D eigenvalue weighted by molar-refractivity contribution is -0.137. The average Bonchev–Trinajstić information content (AvgIpc) is 3.39. The van der Waals surface area contributed by atoms with Gasteiger partial charge in [0.15, 0.2) is 12.4 Å². The number of amides is 1. The van der Waals surface area contributed by atoms with Gasteiger partial charge in [-0.25, -0.2) is 4.98 Å². The molecule has 2 aromatic heterocycles. The monoisotopic (exact) mass is 542 g/mol. The van der Waals surface area contributed by atoms with Crippen molar-refractivity contribution in [3.8, 4) is 17.3 Å². The highest BCUT2D eigenvalue weighted by Crippen LogP contribution is 2.29. The van der Waals surface area contributed by atoms with Crippen LogP contribution in [0.5, 0.6) is 5.75 Å². The van der Waals surface area contributed by atoms with Crippen molar-refractivity contribution in [2.24, 2.45) is 5.10 Å². The number of hydrogen-bond donors (Lipinski definition) is 0. The number of halogens is 1. The summed E-state index contributed by atoms with van der Waals surface area (Å²) in [5, 5.41) is 6.27. The van der Waals surface area contributed by atoms with Crippen LogP contribution in [0.15, 0.2) is 87.1 Å². The van der Waals surface area contributed by atoms with E-state index in [2.05, 4.69) is 5.10 Å². The zero-order valence-electron chi connectivity index (χ0n) is 20.7. The molecule has 9 nitrogen and oxygen atoms in total. The van der Waals surface area contributed by atoms with Crippen molar-refractivity contribution < 1.29 is 18.7 Å². The van der Waals surface area contributed by atoms with Crippen molar-refractivity contribution in [1.82, 2.24) is 14.6 Å². The van der Waals surface area contributed by atoms with Gasteiger partial charge >= 0.3 is 0 Å². The number of carbonyl (C=O) groups excluding carboxylic acids is 1. The van der Waals surface area contributed by atoms with Crippen molar-refractivity contribution in [3.05, 3.63) is 93.7 Å². The summed E-state index contributed by atoms with van der Waals surface area (Å²) in [6.07, 6.45) is 1.51. The van der Waals surface area contributed by atoms with E-state index in [-0.39, 0.29) is 23.9 Å². The summed E-state index contributed by atoms with van der Waals surface area (Å²) in [5.74, 6) is 0.952. The van der Waals surface area contributed by atoms with E-state index in [4.69, 9.17) is 30.5 Å². The Hall–Kier alpha value is -4.47. The predicted molar refractivity (Wildman–Crippen MR) is 149 cm³/mol. The van der Waals surface area contributed by atoms with E-state index in [0.29, 0.717) is 64.9 Å². The van der Waals surface area contributed by atoms with Crippen LogP contribution in [0.2, 0.25) is 5.02 Å². The van der Waals surface area contributed by atoms with Gasteiger partial charge in [0.2, 0.25) is 5.82 Å². The SMILES string of the molecule is O=C(COc1ccccc1C=Nn1c(-c2cc3cc(Cl)ccc3o2)nc2ccccc2c1=O)N1CCOCC1. The minimum atomic E-state index is -0.355. The largest absolute Gasteiger partial charge is 0.483 e. The number of para-hydroxylation sites is 2. The molecule has 0 spiro atoms. The first kappa shape index (κ1) is 24.8. The molecule has 1 saturated heterocycles. The second-order valence-electron chi connectivity index (χ2n) is 8.93. The first-order valence-electron chi connectivity index (χ1n) is 12.4. The van der Waals surface area contributed by atoms with Crippen LogP contribution in [0.3, 0.4) is 0 Å². The Morgan fingerprint density at radius 2 is 1.85 bits per heavy atom. The number of morpholine rings is 1. The fourth-order valence-electron chi connectivity index (χ4n) is 4.40. The maximum absolute atomic E-state index is 13.5. The standard InChI is InChI=1S/C29H23ClN4O5/c30-21-9-10-25-20(15-21)16-26(39-25)28-32-23-7-3-2-6-22(23)29(36)34(28)31-17-19-5-1-4-8-24(19)38-18-27(35)33-11-13-37-14-12-33/h1-10,15-17H,11-14,18H2. The summed E-state index contributed by atoms with van der Waals surface area (Å²) < 4.78 is 18.4. The number of benzene rings is 3. The van der Waals surface area contributed by atoms with Gasteiger partial charge in [0.1, 0.15) is 11.3 Å². The molecule has 0 aliphatic carbocycles. The fraction of sp³-hybridized carbons (Fsp3) is 0.172. The van der Waals surface area contributed by atoms with Crippen LogP contribution in [0.4, 0.5) is 0 Å². The Kier molecular flexibility index (Phi) is 6.83. The Labute approximate surface area is 227 Å². The molecular weight excluding hydrogens is 520 g/mol. The molecule has 0 radical (unpaired) electrons. The highest BCUT2D eigenvalue weighted by Gasteiger charge is 2.19. The first-order valence-corrected chi connectivity index (χ1v) is 12.8. The van der Waals surface area contributed by atoms with Gasteiger partial charge in [-0.3, -0.25) is 9.59 Å². The van der Waals surface area contributed by atoms with Gasteiger partial charge in [0.25, 0.3) is 11.5 Å². The van der Waals surface area contributed by atoms with E-state index in [1.165, 1.54) is 10.9 Å². The lowest BCUT2D eigenvalue weighted by Crippen LogP contribution is -2.43. The number of aromatic nitrogens is 2. The van der Waals surface area contributed by atoms with Crippen LogP contribution < -0.4 is 10.3 Å². The van der Waals surface area contributed by atoms with E-state index in [0.717, 1.165) is 5.39 Å². The van der Waals surface area contributed by atoms with Gasteiger partial charge < -0.3 is 18.8 Å². The van der Waals surface area contributed by atoms with Crippen LogP contribution in [0.25, 0.3) is 33.5 Å². The van der Waals surface area contributed by atoms with E-state index in [1.807, 2.05) is 12.1 Å². The van der Waals surface area contributed by atoms with Gasteiger partial charge in [0, 0.05) is 29.1 Å². The van der Waals surface area contributed by atoms with Gasteiger partial charge in [-0.1, -0.05) is 35.9 Å². The zero-order chi connectivity index (χ0) is 26.8. The number of fused-ring (bicyclic) bond motifs is 2. The predicted octanol–water partition coefficient (Wildman–Crippen LogP) is 4.58. The van der Waals surface area contributed by atoms with Crippen molar-refractivity contribution in [2.45, 2.75) is 0 Å².